The van der Waals surface area contributed by atoms with E-state index in [2.05, 4.69) is 36.6 Å². The summed E-state index contributed by atoms with van der Waals surface area (Å²) in [6.45, 7) is 9.83. The number of amides is 2. The molecule has 0 aliphatic heterocycles. The molecule has 0 fully saturated rings. The molecule has 1 atom stereocenters. The lowest BCUT2D eigenvalue weighted by Crippen LogP contribution is -2.37. The van der Waals surface area contributed by atoms with Crippen molar-refractivity contribution in [3.8, 4) is 0 Å². The van der Waals surface area contributed by atoms with Crippen LogP contribution in [-0.4, -0.2) is 23.6 Å². The number of benzene rings is 2. The van der Waals surface area contributed by atoms with Gasteiger partial charge in [-0.05, 0) is 69.0 Å². The molecule has 138 valence electrons. The molecular formula is C21H26N2O2S. The van der Waals surface area contributed by atoms with E-state index < -0.39 is 0 Å². The van der Waals surface area contributed by atoms with Gasteiger partial charge in [0.1, 0.15) is 0 Å². The summed E-state index contributed by atoms with van der Waals surface area (Å²) >= 11 is 1.49. The third-order valence-corrected chi connectivity index (χ3v) is 5.42. The number of aryl methyl sites for hydroxylation is 4. The number of para-hydroxylation sites is 1. The molecule has 0 saturated carbocycles. The first-order valence-corrected chi connectivity index (χ1v) is 9.53. The highest BCUT2D eigenvalue weighted by atomic mass is 32.2. The van der Waals surface area contributed by atoms with Gasteiger partial charge in [0.05, 0.1) is 11.8 Å². The Morgan fingerprint density at radius 2 is 1.62 bits per heavy atom. The summed E-state index contributed by atoms with van der Waals surface area (Å²) < 4.78 is 0. The topological polar surface area (TPSA) is 58.2 Å². The zero-order chi connectivity index (χ0) is 19.3. The maximum absolute atomic E-state index is 12.3. The number of hydrogen-bond acceptors (Lipinski definition) is 3. The number of anilines is 1. The lowest BCUT2D eigenvalue weighted by atomic mass is 10.1. The largest absolute Gasteiger partial charge is 0.346 e. The molecule has 0 aliphatic carbocycles. The monoisotopic (exact) mass is 370 g/mol. The van der Waals surface area contributed by atoms with Crippen LogP contribution in [0.25, 0.3) is 0 Å². The summed E-state index contributed by atoms with van der Waals surface area (Å²) in [6.07, 6.45) is 0. The van der Waals surface area contributed by atoms with E-state index in [0.717, 1.165) is 21.7 Å². The van der Waals surface area contributed by atoms with Crippen LogP contribution in [0.3, 0.4) is 0 Å². The zero-order valence-corrected chi connectivity index (χ0v) is 16.8. The van der Waals surface area contributed by atoms with Crippen molar-refractivity contribution in [1.82, 2.24) is 5.32 Å². The van der Waals surface area contributed by atoms with Crippen LogP contribution in [0.1, 0.15) is 29.2 Å². The van der Waals surface area contributed by atoms with E-state index in [1.807, 2.05) is 45.0 Å². The molecule has 2 aromatic rings. The Morgan fingerprint density at radius 1 is 0.962 bits per heavy atom. The van der Waals surface area contributed by atoms with E-state index in [-0.39, 0.29) is 23.6 Å². The average molecular weight is 371 g/mol. The van der Waals surface area contributed by atoms with Gasteiger partial charge in [-0.2, -0.15) is 0 Å². The Morgan fingerprint density at radius 3 is 2.23 bits per heavy atom. The first kappa shape index (κ1) is 20.0. The third kappa shape index (κ3) is 5.36. The standard InChI is InChI=1S/C21H26N2O2S/c1-13-9-10-18(11-16(13)4)26-17(5)21(25)22-12-19(24)23-20-14(2)7-6-8-15(20)3/h6-11,17H,12H2,1-5H3,(H,22,25)(H,23,24)/t17-/m1/s1. The van der Waals surface area contributed by atoms with Gasteiger partial charge in [0, 0.05) is 10.6 Å². The SMILES string of the molecule is Cc1ccc(S[C@H](C)C(=O)NCC(=O)Nc2c(C)cccc2C)cc1C. The fourth-order valence-electron chi connectivity index (χ4n) is 2.55. The van der Waals surface area contributed by atoms with E-state index in [0.29, 0.717) is 0 Å². The molecule has 0 aromatic heterocycles. The third-order valence-electron chi connectivity index (χ3n) is 4.33. The van der Waals surface area contributed by atoms with E-state index in [4.69, 9.17) is 0 Å². The van der Waals surface area contributed by atoms with Gasteiger partial charge >= 0.3 is 0 Å². The second kappa shape index (κ2) is 8.90. The Hall–Kier alpha value is -2.27. The van der Waals surface area contributed by atoms with E-state index in [9.17, 15) is 9.59 Å². The minimum atomic E-state index is -0.273. The quantitative estimate of drug-likeness (QED) is 0.751. The number of hydrogen-bond donors (Lipinski definition) is 2. The van der Waals surface area contributed by atoms with E-state index >= 15 is 0 Å². The fraction of sp³-hybridized carbons (Fsp3) is 0.333. The van der Waals surface area contributed by atoms with Gasteiger partial charge in [0.25, 0.3) is 0 Å². The van der Waals surface area contributed by atoms with Gasteiger partial charge < -0.3 is 10.6 Å². The Labute approximate surface area is 159 Å². The van der Waals surface area contributed by atoms with Crippen LogP contribution in [-0.2, 0) is 9.59 Å². The second-order valence-corrected chi connectivity index (χ2v) is 7.95. The highest BCUT2D eigenvalue weighted by Gasteiger charge is 2.16. The Bertz CT molecular complexity index is 797. The molecule has 0 spiro atoms. The van der Waals surface area contributed by atoms with Crippen LogP contribution in [0.5, 0.6) is 0 Å². The molecule has 0 aliphatic rings. The van der Waals surface area contributed by atoms with Crippen molar-refractivity contribution in [2.24, 2.45) is 0 Å². The van der Waals surface area contributed by atoms with E-state index in [1.165, 1.54) is 22.9 Å². The van der Waals surface area contributed by atoms with Crippen LogP contribution in [0.15, 0.2) is 41.3 Å². The van der Waals surface area contributed by atoms with Crippen LogP contribution < -0.4 is 10.6 Å². The predicted octanol–water partition coefficient (Wildman–Crippen LogP) is 4.16. The number of nitrogens with one attached hydrogen (secondary N) is 2. The molecule has 4 nitrogen and oxygen atoms in total. The number of rotatable bonds is 6. The molecule has 0 heterocycles. The Kier molecular flexibility index (Phi) is 6.86. The summed E-state index contributed by atoms with van der Waals surface area (Å²) in [6, 6.07) is 12.0. The molecule has 2 rings (SSSR count). The van der Waals surface area contributed by atoms with Gasteiger partial charge in [0.2, 0.25) is 11.8 Å². The van der Waals surface area contributed by atoms with Crippen molar-refractivity contribution < 1.29 is 9.59 Å². The summed E-state index contributed by atoms with van der Waals surface area (Å²) in [7, 11) is 0. The van der Waals surface area contributed by atoms with Gasteiger partial charge in [-0.1, -0.05) is 24.3 Å². The molecule has 0 saturated heterocycles. The van der Waals surface area contributed by atoms with Gasteiger partial charge in [0.15, 0.2) is 0 Å². The van der Waals surface area contributed by atoms with Crippen molar-refractivity contribution >= 4 is 29.3 Å². The van der Waals surface area contributed by atoms with Crippen LogP contribution >= 0.6 is 11.8 Å². The van der Waals surface area contributed by atoms with Crippen LogP contribution in [0, 0.1) is 27.7 Å². The highest BCUT2D eigenvalue weighted by Crippen LogP contribution is 2.25. The number of thioether (sulfide) groups is 1. The van der Waals surface area contributed by atoms with Crippen molar-refractivity contribution in [3.05, 3.63) is 58.7 Å². The molecular weight excluding hydrogens is 344 g/mol. The second-order valence-electron chi connectivity index (χ2n) is 6.54. The molecule has 0 radical (unpaired) electrons. The molecule has 26 heavy (non-hydrogen) atoms. The smallest absolute Gasteiger partial charge is 0.243 e. The normalized spacial score (nSPS) is 11.7. The minimum Gasteiger partial charge on any atom is -0.346 e. The average Bonchev–Trinajstić information content (AvgIpc) is 2.59. The van der Waals surface area contributed by atoms with Crippen molar-refractivity contribution in [2.45, 2.75) is 44.8 Å². The van der Waals surface area contributed by atoms with Gasteiger partial charge in [-0.25, -0.2) is 0 Å². The number of carbonyl (C=O) groups is 2. The fourth-order valence-corrected chi connectivity index (χ4v) is 3.54. The Balaban J connectivity index is 1.87. The summed E-state index contributed by atoms with van der Waals surface area (Å²) in [5, 5.41) is 5.32. The van der Waals surface area contributed by atoms with Gasteiger partial charge in [-0.15, -0.1) is 11.8 Å². The first-order valence-electron chi connectivity index (χ1n) is 8.65. The zero-order valence-electron chi connectivity index (χ0n) is 16.0. The molecule has 2 aromatic carbocycles. The molecule has 2 N–H and O–H groups in total. The highest BCUT2D eigenvalue weighted by molar-refractivity contribution is 8.00. The lowest BCUT2D eigenvalue weighted by molar-refractivity contribution is -0.123. The van der Waals surface area contributed by atoms with Crippen LogP contribution in [0.4, 0.5) is 5.69 Å². The number of carbonyl (C=O) groups excluding carboxylic acids is 2. The first-order chi connectivity index (χ1) is 12.3. The predicted molar refractivity (Wildman–Crippen MR) is 109 cm³/mol. The minimum absolute atomic E-state index is 0.0373. The maximum atomic E-state index is 12.3. The van der Waals surface area contributed by atoms with Crippen molar-refractivity contribution in [3.63, 3.8) is 0 Å². The van der Waals surface area contributed by atoms with Crippen molar-refractivity contribution in [1.29, 1.82) is 0 Å². The summed E-state index contributed by atoms with van der Waals surface area (Å²) in [4.78, 5) is 25.5. The van der Waals surface area contributed by atoms with Crippen molar-refractivity contribution in [2.75, 3.05) is 11.9 Å². The molecule has 0 bridgehead atoms. The summed E-state index contributed by atoms with van der Waals surface area (Å²) in [5.74, 6) is -0.371. The molecule has 0 unspecified atom stereocenters. The molecule has 5 heteroatoms. The maximum Gasteiger partial charge on any atom is 0.243 e. The molecule has 2 amide bonds. The lowest BCUT2D eigenvalue weighted by Gasteiger charge is -2.14. The van der Waals surface area contributed by atoms with Crippen LogP contribution in [0.2, 0.25) is 0 Å². The van der Waals surface area contributed by atoms with Gasteiger partial charge in [-0.3, -0.25) is 9.59 Å². The van der Waals surface area contributed by atoms with E-state index in [1.54, 1.807) is 0 Å². The summed E-state index contributed by atoms with van der Waals surface area (Å²) in [5.41, 5.74) is 5.25.